The van der Waals surface area contributed by atoms with Gasteiger partial charge in [0.1, 0.15) is 6.07 Å². The van der Waals surface area contributed by atoms with Gasteiger partial charge < -0.3 is 0 Å². The standard InChI is InChI=1S/C6H2FIN2/c7-6-5(8)4(3-9)1-2-10-6/h1-2H. The number of nitriles is 1. The molecule has 0 atom stereocenters. The zero-order valence-electron chi connectivity index (χ0n) is 4.81. The van der Waals surface area contributed by atoms with E-state index in [4.69, 9.17) is 5.26 Å². The number of pyridine rings is 1. The Bertz CT molecular complexity index is 292. The number of hydrogen-bond donors (Lipinski definition) is 0. The van der Waals surface area contributed by atoms with Gasteiger partial charge in [-0.15, -0.1) is 0 Å². The zero-order valence-corrected chi connectivity index (χ0v) is 6.96. The molecule has 0 saturated carbocycles. The molecular formula is C6H2FIN2. The van der Waals surface area contributed by atoms with E-state index in [1.165, 1.54) is 12.3 Å². The Morgan fingerprint density at radius 1 is 1.70 bits per heavy atom. The van der Waals surface area contributed by atoms with Crippen molar-refractivity contribution >= 4 is 22.6 Å². The highest BCUT2D eigenvalue weighted by molar-refractivity contribution is 14.1. The molecule has 0 aliphatic carbocycles. The van der Waals surface area contributed by atoms with E-state index >= 15 is 0 Å². The summed E-state index contributed by atoms with van der Waals surface area (Å²) in [4.78, 5) is 3.36. The lowest BCUT2D eigenvalue weighted by Gasteiger charge is -1.92. The molecule has 0 bridgehead atoms. The lowest BCUT2D eigenvalue weighted by molar-refractivity contribution is 0.575. The lowest BCUT2D eigenvalue weighted by atomic mass is 10.3. The Balaban J connectivity index is 3.31. The minimum Gasteiger partial charge on any atom is -0.227 e. The van der Waals surface area contributed by atoms with Crippen molar-refractivity contribution < 1.29 is 4.39 Å². The van der Waals surface area contributed by atoms with Crippen molar-refractivity contribution in [2.45, 2.75) is 0 Å². The van der Waals surface area contributed by atoms with E-state index in [0.717, 1.165) is 0 Å². The molecule has 0 aliphatic heterocycles. The first-order valence-corrected chi connectivity index (χ1v) is 3.53. The van der Waals surface area contributed by atoms with E-state index in [1.807, 2.05) is 6.07 Å². The van der Waals surface area contributed by atoms with E-state index in [-0.39, 0.29) is 3.57 Å². The van der Waals surface area contributed by atoms with Crippen LogP contribution in [-0.2, 0) is 0 Å². The third kappa shape index (κ3) is 1.24. The summed E-state index contributed by atoms with van der Waals surface area (Å²) in [5.74, 6) is -0.584. The maximum absolute atomic E-state index is 12.5. The minimum atomic E-state index is -0.584. The highest BCUT2D eigenvalue weighted by atomic mass is 127. The fourth-order valence-electron chi connectivity index (χ4n) is 0.505. The molecule has 0 unspecified atom stereocenters. The summed E-state index contributed by atoms with van der Waals surface area (Å²) in [5, 5.41) is 8.39. The van der Waals surface area contributed by atoms with Gasteiger partial charge in [0.2, 0.25) is 5.95 Å². The van der Waals surface area contributed by atoms with E-state index in [2.05, 4.69) is 4.98 Å². The Kier molecular flexibility index (Phi) is 2.17. The highest BCUT2D eigenvalue weighted by Gasteiger charge is 2.03. The largest absolute Gasteiger partial charge is 0.227 e. The van der Waals surface area contributed by atoms with Gasteiger partial charge in [-0.2, -0.15) is 9.65 Å². The van der Waals surface area contributed by atoms with Crippen molar-refractivity contribution in [2.24, 2.45) is 0 Å². The van der Waals surface area contributed by atoms with Crippen LogP contribution in [0.4, 0.5) is 4.39 Å². The SMILES string of the molecule is N#Cc1ccnc(F)c1I. The van der Waals surface area contributed by atoms with Crippen LogP contribution in [0, 0.1) is 20.8 Å². The van der Waals surface area contributed by atoms with Crippen molar-refractivity contribution in [1.82, 2.24) is 4.98 Å². The second-order valence-corrected chi connectivity index (χ2v) is 2.65. The van der Waals surface area contributed by atoms with Gasteiger partial charge in [-0.1, -0.05) is 0 Å². The normalized spacial score (nSPS) is 8.90. The van der Waals surface area contributed by atoms with Gasteiger partial charge in [-0.3, -0.25) is 0 Å². The Morgan fingerprint density at radius 3 is 2.90 bits per heavy atom. The second kappa shape index (κ2) is 2.92. The quantitative estimate of drug-likeness (QED) is 0.517. The average Bonchev–Trinajstić information content (AvgIpc) is 1.95. The first kappa shape index (κ1) is 7.41. The first-order valence-electron chi connectivity index (χ1n) is 2.46. The summed E-state index contributed by atoms with van der Waals surface area (Å²) < 4.78 is 12.8. The van der Waals surface area contributed by atoms with Gasteiger partial charge in [-0.25, -0.2) is 4.98 Å². The predicted octanol–water partition coefficient (Wildman–Crippen LogP) is 1.70. The van der Waals surface area contributed by atoms with Crippen LogP contribution in [0.5, 0.6) is 0 Å². The number of nitrogens with zero attached hydrogens (tertiary/aromatic N) is 2. The predicted molar refractivity (Wildman–Crippen MR) is 41.6 cm³/mol. The smallest absolute Gasteiger partial charge is 0.227 e. The first-order chi connectivity index (χ1) is 4.75. The molecule has 0 radical (unpaired) electrons. The van der Waals surface area contributed by atoms with Crippen molar-refractivity contribution in [1.29, 1.82) is 5.26 Å². The zero-order chi connectivity index (χ0) is 7.56. The van der Waals surface area contributed by atoms with Crippen LogP contribution in [-0.4, -0.2) is 4.98 Å². The number of halogens is 2. The molecule has 0 aromatic carbocycles. The van der Waals surface area contributed by atoms with Crippen molar-refractivity contribution in [3.05, 3.63) is 27.3 Å². The van der Waals surface area contributed by atoms with E-state index < -0.39 is 5.95 Å². The maximum atomic E-state index is 12.5. The van der Waals surface area contributed by atoms with Crippen LogP contribution in [0.2, 0.25) is 0 Å². The van der Waals surface area contributed by atoms with Crippen molar-refractivity contribution in [2.75, 3.05) is 0 Å². The van der Waals surface area contributed by atoms with Crippen LogP contribution in [0.15, 0.2) is 12.3 Å². The molecule has 1 aromatic heterocycles. The van der Waals surface area contributed by atoms with E-state index in [0.29, 0.717) is 5.56 Å². The summed E-state index contributed by atoms with van der Waals surface area (Å²) >= 11 is 1.74. The van der Waals surface area contributed by atoms with E-state index in [1.54, 1.807) is 22.6 Å². The average molecular weight is 248 g/mol. The molecule has 0 spiro atoms. The van der Waals surface area contributed by atoms with Crippen molar-refractivity contribution in [3.63, 3.8) is 0 Å². The molecule has 0 saturated heterocycles. The van der Waals surface area contributed by atoms with Gasteiger partial charge in [0.15, 0.2) is 0 Å². The Morgan fingerprint density at radius 2 is 2.40 bits per heavy atom. The summed E-state index contributed by atoms with van der Waals surface area (Å²) in [6.07, 6.45) is 1.27. The number of aromatic nitrogens is 1. The fourth-order valence-corrected chi connectivity index (χ4v) is 0.944. The van der Waals surface area contributed by atoms with Gasteiger partial charge in [-0.05, 0) is 28.7 Å². The summed E-state index contributed by atoms with van der Waals surface area (Å²) in [5.41, 5.74) is 0.327. The van der Waals surface area contributed by atoms with Gasteiger partial charge in [0.05, 0.1) is 9.13 Å². The minimum absolute atomic E-state index is 0.280. The fraction of sp³-hybridized carbons (Fsp3) is 0. The second-order valence-electron chi connectivity index (χ2n) is 1.58. The van der Waals surface area contributed by atoms with Gasteiger partial charge >= 0.3 is 0 Å². The Labute approximate surface area is 70.8 Å². The molecule has 1 rings (SSSR count). The molecule has 1 heterocycles. The van der Waals surface area contributed by atoms with Gasteiger partial charge in [0, 0.05) is 6.20 Å². The molecule has 4 heteroatoms. The molecule has 50 valence electrons. The molecule has 2 nitrogen and oxygen atoms in total. The number of hydrogen-bond acceptors (Lipinski definition) is 2. The van der Waals surface area contributed by atoms with Gasteiger partial charge in [0.25, 0.3) is 0 Å². The summed E-state index contributed by atoms with van der Waals surface area (Å²) in [6.45, 7) is 0. The van der Waals surface area contributed by atoms with Crippen LogP contribution in [0.1, 0.15) is 5.56 Å². The lowest BCUT2D eigenvalue weighted by Crippen LogP contribution is -1.90. The van der Waals surface area contributed by atoms with Crippen LogP contribution < -0.4 is 0 Å². The molecule has 0 fully saturated rings. The van der Waals surface area contributed by atoms with Crippen molar-refractivity contribution in [3.8, 4) is 6.07 Å². The van der Waals surface area contributed by atoms with Crippen LogP contribution in [0.3, 0.4) is 0 Å². The molecule has 1 aromatic rings. The van der Waals surface area contributed by atoms with Crippen LogP contribution >= 0.6 is 22.6 Å². The molecule has 10 heavy (non-hydrogen) atoms. The maximum Gasteiger partial charge on any atom is 0.227 e. The monoisotopic (exact) mass is 248 g/mol. The highest BCUT2D eigenvalue weighted by Crippen LogP contribution is 2.11. The topological polar surface area (TPSA) is 36.7 Å². The molecule has 0 amide bonds. The van der Waals surface area contributed by atoms with Crippen LogP contribution in [0.25, 0.3) is 0 Å². The molecule has 0 N–H and O–H groups in total. The Hall–Kier alpha value is -0.700. The van der Waals surface area contributed by atoms with E-state index in [9.17, 15) is 4.39 Å². The molecular weight excluding hydrogens is 246 g/mol. The summed E-state index contributed by atoms with van der Waals surface area (Å²) in [6, 6.07) is 3.33. The number of rotatable bonds is 0. The summed E-state index contributed by atoms with van der Waals surface area (Å²) in [7, 11) is 0. The third-order valence-corrected chi connectivity index (χ3v) is 1.99. The molecule has 0 aliphatic rings. The third-order valence-electron chi connectivity index (χ3n) is 0.967.